The quantitative estimate of drug-likeness (QED) is 0.742. The molecule has 6 nitrogen and oxygen atoms in total. The third-order valence-electron chi connectivity index (χ3n) is 5.22. The third kappa shape index (κ3) is 2.79. The highest BCUT2D eigenvalue weighted by atomic mass is 31.2. The second kappa shape index (κ2) is 5.54. The molecule has 127 valence electrons. The van der Waals surface area contributed by atoms with Crippen LogP contribution in [0.2, 0.25) is 0 Å². The van der Waals surface area contributed by atoms with Crippen LogP contribution in [0.1, 0.15) is 53.4 Å². The van der Waals surface area contributed by atoms with Crippen molar-refractivity contribution in [3.63, 3.8) is 0 Å². The molecule has 0 unspecified atom stereocenters. The van der Waals surface area contributed by atoms with Crippen LogP contribution in [0.4, 0.5) is 0 Å². The summed E-state index contributed by atoms with van der Waals surface area (Å²) in [4.78, 5) is 0. The van der Waals surface area contributed by atoms with E-state index in [1.807, 2.05) is 37.0 Å². The molecule has 3 saturated heterocycles. The summed E-state index contributed by atoms with van der Waals surface area (Å²) in [5.74, 6) is 0. The van der Waals surface area contributed by atoms with E-state index in [1.165, 1.54) is 5.06 Å². The minimum absolute atomic E-state index is 0.123. The van der Waals surface area contributed by atoms with Crippen molar-refractivity contribution in [2.75, 3.05) is 26.2 Å². The molecule has 7 heteroatoms. The van der Waals surface area contributed by atoms with Crippen molar-refractivity contribution in [3.8, 4) is 0 Å². The molecule has 0 aliphatic carbocycles. The van der Waals surface area contributed by atoms with E-state index >= 15 is 0 Å². The van der Waals surface area contributed by atoms with Crippen LogP contribution in [0.5, 0.6) is 0 Å². The second-order valence-corrected chi connectivity index (χ2v) is 10.5. The lowest BCUT2D eigenvalue weighted by atomic mass is 9.80. The molecule has 3 heterocycles. The normalized spacial score (nSPS) is 30.8. The van der Waals surface area contributed by atoms with Crippen molar-refractivity contribution >= 4 is 7.67 Å². The van der Waals surface area contributed by atoms with Gasteiger partial charge < -0.3 is 4.52 Å². The zero-order valence-electron chi connectivity index (χ0n) is 14.2. The second-order valence-electron chi connectivity index (χ2n) is 8.16. The van der Waals surface area contributed by atoms with Gasteiger partial charge in [0.1, 0.15) is 0 Å². The molecular weight excluding hydrogens is 301 g/mol. The van der Waals surface area contributed by atoms with E-state index in [4.69, 9.17) is 4.52 Å². The largest absolute Gasteiger partial charge is 0.346 e. The van der Waals surface area contributed by atoms with E-state index in [1.54, 1.807) is 0 Å². The van der Waals surface area contributed by atoms with Crippen molar-refractivity contribution in [1.29, 1.82) is 0 Å². The Morgan fingerprint density at radius 3 is 1.64 bits per heavy atom. The summed E-state index contributed by atoms with van der Waals surface area (Å²) in [5.41, 5.74) is -0.970. The van der Waals surface area contributed by atoms with Crippen molar-refractivity contribution in [2.24, 2.45) is 0 Å². The highest BCUT2D eigenvalue weighted by Crippen LogP contribution is 2.60. The summed E-state index contributed by atoms with van der Waals surface area (Å²) in [6.07, 6.45) is 3.33. The van der Waals surface area contributed by atoms with E-state index < -0.39 is 18.7 Å². The molecular formula is C15H29N3O3P. The standard InChI is InChI=1S/C15H29N3O3P/c1-14(2)11-13(12-15(3,4)18(14)19)21-22(20,16-7-5-8-16)17-9-6-10-17/h13H,5-12H2,1-4H3. The molecule has 0 spiro atoms. The van der Waals surface area contributed by atoms with Crippen molar-refractivity contribution in [3.05, 3.63) is 0 Å². The summed E-state index contributed by atoms with van der Waals surface area (Å²) in [6.45, 7) is 11.3. The molecule has 0 atom stereocenters. The summed E-state index contributed by atoms with van der Waals surface area (Å²) >= 11 is 0. The topological polar surface area (TPSA) is 55.9 Å². The SMILES string of the molecule is CC1(C)CC(OP(=O)(N2CCC2)N2CCC2)CC(C)(C)N1[O]. The molecule has 0 aromatic heterocycles. The Labute approximate surface area is 133 Å². The number of piperidine rings is 1. The summed E-state index contributed by atoms with van der Waals surface area (Å²) in [5, 5.41) is 13.6. The van der Waals surface area contributed by atoms with Gasteiger partial charge in [0, 0.05) is 37.3 Å². The van der Waals surface area contributed by atoms with Crippen molar-refractivity contribution in [1.82, 2.24) is 14.4 Å². The first-order valence-corrected chi connectivity index (χ1v) is 9.95. The fourth-order valence-corrected chi connectivity index (χ4v) is 6.60. The average Bonchev–Trinajstić information content (AvgIpc) is 2.18. The number of hydroxylamine groups is 2. The van der Waals surface area contributed by atoms with Gasteiger partial charge in [0.05, 0.1) is 6.10 Å². The van der Waals surface area contributed by atoms with Gasteiger partial charge in [-0.25, -0.2) is 9.34 Å². The Morgan fingerprint density at radius 1 is 0.909 bits per heavy atom. The maximum Gasteiger partial charge on any atom is 0.346 e. The van der Waals surface area contributed by atoms with E-state index in [-0.39, 0.29) is 6.10 Å². The van der Waals surface area contributed by atoms with E-state index in [9.17, 15) is 9.77 Å². The Morgan fingerprint density at radius 2 is 1.32 bits per heavy atom. The molecule has 0 amide bonds. The van der Waals surface area contributed by atoms with Gasteiger partial charge >= 0.3 is 7.67 Å². The van der Waals surface area contributed by atoms with Gasteiger partial charge in [-0.2, -0.15) is 0 Å². The fraction of sp³-hybridized carbons (Fsp3) is 1.00. The Bertz CT molecular complexity index is 439. The van der Waals surface area contributed by atoms with Crippen molar-refractivity contribution in [2.45, 2.75) is 70.6 Å². The first kappa shape index (κ1) is 16.9. The van der Waals surface area contributed by atoms with Gasteiger partial charge in [0.25, 0.3) is 0 Å². The molecule has 1 radical (unpaired) electrons. The molecule has 0 N–H and O–H groups in total. The third-order valence-corrected chi connectivity index (χ3v) is 8.02. The van der Waals surface area contributed by atoms with Crippen LogP contribution in [0.25, 0.3) is 0 Å². The monoisotopic (exact) mass is 330 g/mol. The Kier molecular flexibility index (Phi) is 4.25. The van der Waals surface area contributed by atoms with Gasteiger partial charge in [0.15, 0.2) is 0 Å². The molecule has 3 fully saturated rings. The summed E-state index contributed by atoms with van der Waals surface area (Å²) in [6, 6.07) is 0. The van der Waals surface area contributed by atoms with Crippen molar-refractivity contribution < 1.29 is 14.3 Å². The van der Waals surface area contributed by atoms with Crippen LogP contribution < -0.4 is 0 Å². The molecule has 0 aromatic rings. The lowest BCUT2D eigenvalue weighted by molar-refractivity contribution is -0.297. The van der Waals surface area contributed by atoms with Crippen LogP contribution >= 0.6 is 7.67 Å². The number of nitrogens with zero attached hydrogens (tertiary/aromatic N) is 3. The van der Waals surface area contributed by atoms with Gasteiger partial charge in [-0.05, 0) is 53.4 Å². The molecule has 22 heavy (non-hydrogen) atoms. The fourth-order valence-electron chi connectivity index (χ4n) is 3.86. The van der Waals surface area contributed by atoms with Gasteiger partial charge in [0.2, 0.25) is 0 Å². The molecule has 3 rings (SSSR count). The lowest BCUT2D eigenvalue weighted by Gasteiger charge is -2.52. The van der Waals surface area contributed by atoms with Crippen LogP contribution in [0, 0.1) is 0 Å². The predicted octanol–water partition coefficient (Wildman–Crippen LogP) is 2.89. The van der Waals surface area contributed by atoms with Gasteiger partial charge in [-0.3, -0.25) is 4.57 Å². The number of rotatable bonds is 4. The molecule has 3 aliphatic rings. The molecule has 0 aromatic carbocycles. The Balaban J connectivity index is 1.77. The van der Waals surface area contributed by atoms with Gasteiger partial charge in [-0.15, -0.1) is 10.3 Å². The maximum atomic E-state index is 13.5. The maximum absolute atomic E-state index is 13.5. The summed E-state index contributed by atoms with van der Waals surface area (Å²) < 4.78 is 23.8. The highest BCUT2D eigenvalue weighted by Gasteiger charge is 2.51. The van der Waals surface area contributed by atoms with Gasteiger partial charge in [-0.1, -0.05) is 0 Å². The first-order chi connectivity index (χ1) is 10.2. The minimum atomic E-state index is -2.88. The smallest absolute Gasteiger partial charge is 0.302 e. The Hall–Kier alpha value is 0.0300. The number of hydrogen-bond donors (Lipinski definition) is 0. The molecule has 0 saturated carbocycles. The number of hydrogen-bond acceptors (Lipinski definition) is 3. The summed E-state index contributed by atoms with van der Waals surface area (Å²) in [7, 11) is -2.88. The van der Waals surface area contributed by atoms with E-state index in [0.717, 1.165) is 39.0 Å². The predicted molar refractivity (Wildman–Crippen MR) is 84.8 cm³/mol. The average molecular weight is 330 g/mol. The van der Waals surface area contributed by atoms with Crippen LogP contribution in [-0.4, -0.2) is 57.8 Å². The van der Waals surface area contributed by atoms with E-state index in [2.05, 4.69) is 0 Å². The first-order valence-electron chi connectivity index (χ1n) is 8.42. The highest BCUT2D eigenvalue weighted by molar-refractivity contribution is 7.54. The van der Waals surface area contributed by atoms with Crippen LogP contribution in [0.3, 0.4) is 0 Å². The minimum Gasteiger partial charge on any atom is -0.302 e. The van der Waals surface area contributed by atoms with E-state index in [0.29, 0.717) is 12.8 Å². The molecule has 3 aliphatic heterocycles. The molecule has 0 bridgehead atoms. The zero-order valence-corrected chi connectivity index (χ0v) is 15.1. The lowest BCUT2D eigenvalue weighted by Crippen LogP contribution is -2.60. The zero-order chi connectivity index (χ0) is 16.2. The van der Waals surface area contributed by atoms with Crippen LogP contribution in [-0.2, 0) is 14.3 Å². The van der Waals surface area contributed by atoms with Crippen LogP contribution in [0.15, 0.2) is 0 Å².